The van der Waals surface area contributed by atoms with Crippen LogP contribution < -0.4 is 19.3 Å². The Bertz CT molecular complexity index is 1450. The first-order valence-corrected chi connectivity index (χ1v) is 13.5. The number of aryl methyl sites for hydroxylation is 1. The van der Waals surface area contributed by atoms with Gasteiger partial charge in [-0.25, -0.2) is 13.4 Å². The predicted molar refractivity (Wildman–Crippen MR) is 135 cm³/mol. The van der Waals surface area contributed by atoms with E-state index in [2.05, 4.69) is 9.71 Å². The number of carbonyl (C=O) groups excluding carboxylic acids is 2. The van der Waals surface area contributed by atoms with Gasteiger partial charge in [0.1, 0.15) is 5.75 Å². The number of benzene rings is 2. The number of ether oxygens (including phenoxy) is 1. The highest BCUT2D eigenvalue weighted by molar-refractivity contribution is 7.93. The first-order chi connectivity index (χ1) is 16.6. The molecule has 0 radical (unpaired) electrons. The standard InChI is InChI=1S/C24H24N4O5S2/c1-14-23(30)27(3)21-12-16(6-9-22(21)33-14)19-13-34-24(25-19)26-35(31,32)18-7-8-20-17(11-18)5-4-10-28(20)15(2)29/h6-9,11-14H,4-5,10H2,1-3H3,(H,25,26). The molecule has 0 saturated heterocycles. The molecule has 35 heavy (non-hydrogen) atoms. The third-order valence-electron chi connectivity index (χ3n) is 6.18. The number of carbonyl (C=O) groups is 2. The third kappa shape index (κ3) is 4.25. The van der Waals surface area contributed by atoms with Crippen LogP contribution in [-0.4, -0.2) is 44.9 Å². The number of nitrogens with one attached hydrogen (secondary N) is 1. The number of likely N-dealkylation sites (N-methyl/N-ethyl adjacent to an activating group) is 1. The van der Waals surface area contributed by atoms with Crippen molar-refractivity contribution in [1.82, 2.24) is 4.98 Å². The highest BCUT2D eigenvalue weighted by Gasteiger charge is 2.29. The molecule has 2 aliphatic rings. The van der Waals surface area contributed by atoms with E-state index in [1.54, 1.807) is 53.4 Å². The van der Waals surface area contributed by atoms with Crippen molar-refractivity contribution in [3.05, 3.63) is 47.3 Å². The van der Waals surface area contributed by atoms with E-state index in [0.29, 0.717) is 30.1 Å². The fourth-order valence-electron chi connectivity index (χ4n) is 4.37. The molecule has 3 aromatic rings. The number of sulfonamides is 1. The maximum absolute atomic E-state index is 13.1. The Morgan fingerprint density at radius 1 is 1.20 bits per heavy atom. The molecule has 5 rings (SSSR count). The number of rotatable bonds is 4. The Kier molecular flexibility index (Phi) is 5.76. The van der Waals surface area contributed by atoms with Crippen LogP contribution in [0.4, 0.5) is 16.5 Å². The van der Waals surface area contributed by atoms with E-state index in [1.807, 2.05) is 6.07 Å². The number of hydrogen-bond donors (Lipinski definition) is 1. The fourth-order valence-corrected chi connectivity index (χ4v) is 6.39. The summed E-state index contributed by atoms with van der Waals surface area (Å²) in [5.41, 5.74) is 3.54. The van der Waals surface area contributed by atoms with Crippen molar-refractivity contribution in [2.24, 2.45) is 0 Å². The number of hydrogen-bond acceptors (Lipinski definition) is 7. The number of thiazole rings is 1. The average molecular weight is 513 g/mol. The maximum atomic E-state index is 13.1. The van der Waals surface area contributed by atoms with Crippen molar-refractivity contribution in [1.29, 1.82) is 0 Å². The molecule has 1 unspecified atom stereocenters. The molecule has 0 fully saturated rings. The molecule has 2 amide bonds. The summed E-state index contributed by atoms with van der Waals surface area (Å²) in [6.07, 6.45) is 0.944. The minimum absolute atomic E-state index is 0.0613. The van der Waals surface area contributed by atoms with Crippen LogP contribution in [0.5, 0.6) is 5.75 Å². The zero-order valence-corrected chi connectivity index (χ0v) is 21.1. The topological polar surface area (TPSA) is 109 Å². The Morgan fingerprint density at radius 3 is 2.77 bits per heavy atom. The normalized spacial score (nSPS) is 17.5. The van der Waals surface area contributed by atoms with Gasteiger partial charge in [-0.2, -0.15) is 0 Å². The second-order valence-corrected chi connectivity index (χ2v) is 11.1. The Morgan fingerprint density at radius 2 is 2.00 bits per heavy atom. The number of amides is 2. The lowest BCUT2D eigenvalue weighted by Crippen LogP contribution is -2.41. The summed E-state index contributed by atoms with van der Waals surface area (Å²) in [5.74, 6) is 0.405. The van der Waals surface area contributed by atoms with Gasteiger partial charge in [-0.3, -0.25) is 14.3 Å². The van der Waals surface area contributed by atoms with Gasteiger partial charge in [0.15, 0.2) is 11.2 Å². The van der Waals surface area contributed by atoms with Crippen LogP contribution in [0.15, 0.2) is 46.7 Å². The molecular weight excluding hydrogens is 488 g/mol. The van der Waals surface area contributed by atoms with Crippen LogP contribution in [0.25, 0.3) is 11.3 Å². The zero-order chi connectivity index (χ0) is 24.9. The molecule has 0 saturated carbocycles. The smallest absolute Gasteiger partial charge is 0.267 e. The molecule has 0 spiro atoms. The minimum Gasteiger partial charge on any atom is -0.479 e. The second kappa shape index (κ2) is 8.65. The van der Waals surface area contributed by atoms with E-state index in [4.69, 9.17) is 4.74 Å². The van der Waals surface area contributed by atoms with Crippen LogP contribution in [0, 0.1) is 0 Å². The van der Waals surface area contributed by atoms with Crippen LogP contribution in [0.3, 0.4) is 0 Å². The van der Waals surface area contributed by atoms with E-state index >= 15 is 0 Å². The number of aromatic nitrogens is 1. The largest absolute Gasteiger partial charge is 0.479 e. The van der Waals surface area contributed by atoms with Crippen molar-refractivity contribution in [2.45, 2.75) is 37.7 Å². The highest BCUT2D eigenvalue weighted by atomic mass is 32.2. The van der Waals surface area contributed by atoms with Gasteiger partial charge in [0, 0.05) is 37.1 Å². The van der Waals surface area contributed by atoms with E-state index in [9.17, 15) is 18.0 Å². The first kappa shape index (κ1) is 23.3. The molecule has 3 heterocycles. The van der Waals surface area contributed by atoms with E-state index in [-0.39, 0.29) is 21.8 Å². The summed E-state index contributed by atoms with van der Waals surface area (Å²) >= 11 is 1.17. The summed E-state index contributed by atoms with van der Waals surface area (Å²) in [7, 11) is -2.18. The average Bonchev–Trinajstić information content (AvgIpc) is 3.29. The molecule has 2 aromatic carbocycles. The lowest BCUT2D eigenvalue weighted by atomic mass is 10.0. The van der Waals surface area contributed by atoms with Crippen molar-refractivity contribution < 1.29 is 22.7 Å². The molecule has 0 bridgehead atoms. The van der Waals surface area contributed by atoms with Gasteiger partial charge in [-0.15, -0.1) is 11.3 Å². The van der Waals surface area contributed by atoms with Gasteiger partial charge in [0.05, 0.1) is 16.3 Å². The number of fused-ring (bicyclic) bond motifs is 2. The monoisotopic (exact) mass is 512 g/mol. The summed E-state index contributed by atoms with van der Waals surface area (Å²) in [6, 6.07) is 10.2. The SMILES string of the molecule is CC(=O)N1CCCc2cc(S(=O)(=O)Nc3nc(-c4ccc5c(c4)N(C)C(=O)C(C)O5)cs3)ccc21. The van der Waals surface area contributed by atoms with E-state index in [1.165, 1.54) is 24.3 Å². The minimum atomic E-state index is -3.87. The van der Waals surface area contributed by atoms with Gasteiger partial charge in [-0.1, -0.05) is 0 Å². The first-order valence-electron chi connectivity index (χ1n) is 11.1. The van der Waals surface area contributed by atoms with Gasteiger partial charge >= 0.3 is 0 Å². The third-order valence-corrected chi connectivity index (χ3v) is 8.41. The molecule has 1 aromatic heterocycles. The molecule has 2 aliphatic heterocycles. The number of nitrogens with zero attached hydrogens (tertiary/aromatic N) is 3. The maximum Gasteiger partial charge on any atom is 0.267 e. The molecule has 11 heteroatoms. The fraction of sp³-hybridized carbons (Fsp3) is 0.292. The van der Waals surface area contributed by atoms with Crippen molar-refractivity contribution in [2.75, 3.05) is 28.1 Å². The Hall–Kier alpha value is -3.44. The van der Waals surface area contributed by atoms with Crippen molar-refractivity contribution in [3.8, 4) is 17.0 Å². The quantitative estimate of drug-likeness (QED) is 0.572. The van der Waals surface area contributed by atoms with E-state index in [0.717, 1.165) is 23.2 Å². The van der Waals surface area contributed by atoms with Gasteiger partial charge < -0.3 is 14.5 Å². The van der Waals surface area contributed by atoms with Crippen molar-refractivity contribution >= 4 is 49.7 Å². The summed E-state index contributed by atoms with van der Waals surface area (Å²) in [5, 5.41) is 1.99. The molecule has 9 nitrogen and oxygen atoms in total. The lowest BCUT2D eigenvalue weighted by molar-refractivity contribution is -0.125. The molecule has 1 N–H and O–H groups in total. The number of anilines is 3. The summed E-state index contributed by atoms with van der Waals surface area (Å²) < 4.78 is 34.4. The van der Waals surface area contributed by atoms with Gasteiger partial charge in [0.2, 0.25) is 5.91 Å². The summed E-state index contributed by atoms with van der Waals surface area (Å²) in [4.78, 5) is 32.0. The predicted octanol–water partition coefficient (Wildman–Crippen LogP) is 3.65. The van der Waals surface area contributed by atoms with Crippen LogP contribution in [0.1, 0.15) is 25.8 Å². The van der Waals surface area contributed by atoms with Crippen LogP contribution in [-0.2, 0) is 26.0 Å². The molecule has 182 valence electrons. The highest BCUT2D eigenvalue weighted by Crippen LogP contribution is 2.38. The molecular formula is C24H24N4O5S2. The Balaban J connectivity index is 1.39. The Labute approximate surface area is 207 Å². The summed E-state index contributed by atoms with van der Waals surface area (Å²) in [6.45, 7) is 3.84. The van der Waals surface area contributed by atoms with Crippen molar-refractivity contribution in [3.63, 3.8) is 0 Å². The van der Waals surface area contributed by atoms with E-state index < -0.39 is 16.1 Å². The molecule has 1 atom stereocenters. The zero-order valence-electron chi connectivity index (χ0n) is 19.4. The van der Waals surface area contributed by atoms with Gasteiger partial charge in [0.25, 0.3) is 15.9 Å². The lowest BCUT2D eigenvalue weighted by Gasteiger charge is -2.30. The molecule has 0 aliphatic carbocycles. The van der Waals surface area contributed by atoms with Gasteiger partial charge in [-0.05, 0) is 61.7 Å². The van der Waals surface area contributed by atoms with Crippen LogP contribution >= 0.6 is 11.3 Å². The van der Waals surface area contributed by atoms with Crippen LogP contribution in [0.2, 0.25) is 0 Å². The second-order valence-electron chi connectivity index (χ2n) is 8.55.